The first kappa shape index (κ1) is 28.8. The highest BCUT2D eigenvalue weighted by Crippen LogP contribution is 2.28. The lowest BCUT2D eigenvalue weighted by molar-refractivity contribution is -0.139. The quantitative estimate of drug-likeness (QED) is 0.408. The molecule has 1 fully saturated rings. The molecule has 1 atom stereocenters. The predicted molar refractivity (Wildman–Crippen MR) is 148 cm³/mol. The molecule has 0 spiro atoms. The van der Waals surface area contributed by atoms with Gasteiger partial charge in [0.1, 0.15) is 12.6 Å². The normalized spacial score (nSPS) is 15.2. The molecule has 1 N–H and O–H groups in total. The summed E-state index contributed by atoms with van der Waals surface area (Å²) in [5, 5.41) is 3.76. The number of nitrogens with one attached hydrogen (secondary N) is 1. The first-order chi connectivity index (χ1) is 17.0. The van der Waals surface area contributed by atoms with Gasteiger partial charge in [0.25, 0.3) is 0 Å². The average molecular weight is 619 g/mol. The zero-order valence-corrected chi connectivity index (χ0v) is 24.1. The van der Waals surface area contributed by atoms with Gasteiger partial charge >= 0.3 is 0 Å². The minimum absolute atomic E-state index is 0.0489. The molecule has 0 aliphatic heterocycles. The zero-order chi connectivity index (χ0) is 26.5. The van der Waals surface area contributed by atoms with Gasteiger partial charge < -0.3 is 10.2 Å². The summed E-state index contributed by atoms with van der Waals surface area (Å²) >= 11 is 16.1. The Morgan fingerprint density at radius 3 is 2.28 bits per heavy atom. The van der Waals surface area contributed by atoms with Crippen LogP contribution in [0, 0.1) is 0 Å². The third-order valence-corrected chi connectivity index (χ3v) is 8.63. The smallest absolute Gasteiger partial charge is 0.244 e. The SMILES string of the molecule is C[C@@H](C(=O)NC1CCCCC1)N(Cc1c(Cl)cccc1Cl)C(=O)CN(c1cccc(Br)c1)S(C)(=O)=O. The summed E-state index contributed by atoms with van der Waals surface area (Å²) in [5.41, 5.74) is 0.815. The van der Waals surface area contributed by atoms with Crippen molar-refractivity contribution in [2.24, 2.45) is 0 Å². The molecule has 3 rings (SSSR count). The van der Waals surface area contributed by atoms with Crippen molar-refractivity contribution in [1.82, 2.24) is 10.2 Å². The van der Waals surface area contributed by atoms with E-state index in [1.165, 1.54) is 4.90 Å². The lowest BCUT2D eigenvalue weighted by Crippen LogP contribution is -2.53. The van der Waals surface area contributed by atoms with E-state index in [1.54, 1.807) is 49.4 Å². The Balaban J connectivity index is 1.91. The van der Waals surface area contributed by atoms with Crippen molar-refractivity contribution in [2.75, 3.05) is 17.1 Å². The van der Waals surface area contributed by atoms with Gasteiger partial charge in [-0.1, -0.05) is 70.5 Å². The van der Waals surface area contributed by atoms with Crippen LogP contribution in [0.4, 0.5) is 5.69 Å². The van der Waals surface area contributed by atoms with E-state index in [0.29, 0.717) is 25.8 Å². The monoisotopic (exact) mass is 617 g/mol. The van der Waals surface area contributed by atoms with Crippen LogP contribution in [0.2, 0.25) is 10.0 Å². The number of hydrogen-bond donors (Lipinski definition) is 1. The topological polar surface area (TPSA) is 86.8 Å². The second kappa shape index (κ2) is 12.6. The third kappa shape index (κ3) is 7.60. The summed E-state index contributed by atoms with van der Waals surface area (Å²) in [5.74, 6) is -0.852. The Kier molecular flexibility index (Phi) is 10.1. The van der Waals surface area contributed by atoms with E-state index in [1.807, 2.05) is 0 Å². The second-order valence-corrected chi connectivity index (χ2v) is 12.6. The van der Waals surface area contributed by atoms with Crippen LogP contribution in [0.25, 0.3) is 0 Å². The highest BCUT2D eigenvalue weighted by atomic mass is 79.9. The lowest BCUT2D eigenvalue weighted by atomic mass is 9.95. The van der Waals surface area contributed by atoms with Gasteiger partial charge in [-0.25, -0.2) is 8.42 Å². The molecule has 2 aromatic rings. The summed E-state index contributed by atoms with van der Waals surface area (Å²) in [6.07, 6.45) is 6.07. The fraction of sp³-hybridized carbons (Fsp3) is 0.440. The second-order valence-electron chi connectivity index (χ2n) is 8.99. The van der Waals surface area contributed by atoms with E-state index in [-0.39, 0.29) is 18.5 Å². The van der Waals surface area contributed by atoms with Crippen molar-refractivity contribution in [1.29, 1.82) is 0 Å². The minimum atomic E-state index is -3.81. The number of hydrogen-bond acceptors (Lipinski definition) is 4. The Morgan fingerprint density at radius 2 is 1.69 bits per heavy atom. The number of halogens is 3. The van der Waals surface area contributed by atoms with Crippen LogP contribution in [0.1, 0.15) is 44.6 Å². The highest BCUT2D eigenvalue weighted by Gasteiger charge is 2.32. The molecule has 0 unspecified atom stereocenters. The van der Waals surface area contributed by atoms with Crippen molar-refractivity contribution >= 4 is 66.7 Å². The van der Waals surface area contributed by atoms with E-state index >= 15 is 0 Å². The molecule has 1 aliphatic rings. The number of carbonyl (C=O) groups is 2. The molecule has 0 heterocycles. The van der Waals surface area contributed by atoms with Gasteiger partial charge in [0.15, 0.2) is 0 Å². The van der Waals surface area contributed by atoms with Crippen LogP contribution in [-0.2, 0) is 26.2 Å². The van der Waals surface area contributed by atoms with E-state index < -0.39 is 28.5 Å². The third-order valence-electron chi connectivity index (χ3n) is 6.28. The molecule has 0 bridgehead atoms. The standard InChI is InChI=1S/C25H30BrCl2N3O4S/c1-17(25(33)29-19-9-4-3-5-10-19)30(15-21-22(27)12-7-13-23(21)28)24(32)16-31(36(2,34)35)20-11-6-8-18(26)14-20/h6-8,11-14,17,19H,3-5,9-10,15-16H2,1-2H3,(H,29,33)/t17-/m0/s1. The van der Waals surface area contributed by atoms with Crippen molar-refractivity contribution < 1.29 is 18.0 Å². The summed E-state index contributed by atoms with van der Waals surface area (Å²) < 4.78 is 27.0. The van der Waals surface area contributed by atoms with Gasteiger partial charge in [-0.05, 0) is 50.1 Å². The fourth-order valence-corrected chi connectivity index (χ4v) is 6.00. The average Bonchev–Trinajstić information content (AvgIpc) is 2.81. The van der Waals surface area contributed by atoms with E-state index in [4.69, 9.17) is 23.2 Å². The summed E-state index contributed by atoms with van der Waals surface area (Å²) in [6, 6.07) is 10.8. The lowest BCUT2D eigenvalue weighted by Gasteiger charge is -2.33. The number of benzene rings is 2. The van der Waals surface area contributed by atoms with Gasteiger partial charge in [-0.2, -0.15) is 0 Å². The van der Waals surface area contributed by atoms with Crippen LogP contribution >= 0.6 is 39.1 Å². The van der Waals surface area contributed by atoms with Crippen molar-refractivity contribution in [3.05, 3.63) is 62.5 Å². The van der Waals surface area contributed by atoms with Gasteiger partial charge in [-0.15, -0.1) is 0 Å². The summed E-state index contributed by atoms with van der Waals surface area (Å²) in [4.78, 5) is 28.2. The van der Waals surface area contributed by atoms with E-state index in [0.717, 1.165) is 42.7 Å². The van der Waals surface area contributed by atoms with Gasteiger partial charge in [0.05, 0.1) is 11.9 Å². The minimum Gasteiger partial charge on any atom is -0.352 e. The Hall–Kier alpha value is -1.81. The molecule has 1 saturated carbocycles. The molecule has 0 saturated heterocycles. The largest absolute Gasteiger partial charge is 0.352 e. The number of amides is 2. The van der Waals surface area contributed by atoms with Gasteiger partial charge in [0.2, 0.25) is 21.8 Å². The molecule has 1 aliphatic carbocycles. The Morgan fingerprint density at radius 1 is 1.08 bits per heavy atom. The van der Waals surface area contributed by atoms with Crippen molar-refractivity contribution in [2.45, 2.75) is 57.7 Å². The maximum atomic E-state index is 13.7. The molecular formula is C25H30BrCl2N3O4S. The van der Waals surface area contributed by atoms with E-state index in [2.05, 4.69) is 21.2 Å². The van der Waals surface area contributed by atoms with Crippen LogP contribution in [0.3, 0.4) is 0 Å². The maximum absolute atomic E-state index is 13.7. The highest BCUT2D eigenvalue weighted by molar-refractivity contribution is 9.10. The van der Waals surface area contributed by atoms with Crippen molar-refractivity contribution in [3.63, 3.8) is 0 Å². The summed E-state index contributed by atoms with van der Waals surface area (Å²) in [7, 11) is -3.81. The van der Waals surface area contributed by atoms with Crippen molar-refractivity contribution in [3.8, 4) is 0 Å². The first-order valence-electron chi connectivity index (χ1n) is 11.7. The molecule has 0 aromatic heterocycles. The Labute approximate surface area is 231 Å². The van der Waals surface area contributed by atoms with E-state index in [9.17, 15) is 18.0 Å². The zero-order valence-electron chi connectivity index (χ0n) is 20.2. The number of sulfonamides is 1. The molecular weight excluding hydrogens is 589 g/mol. The van der Waals surface area contributed by atoms with Crippen LogP contribution < -0.4 is 9.62 Å². The fourth-order valence-electron chi connectivity index (χ4n) is 4.25. The number of anilines is 1. The molecule has 2 amide bonds. The van der Waals surface area contributed by atoms with Gasteiger partial charge in [0, 0.05) is 32.7 Å². The van der Waals surface area contributed by atoms with Gasteiger partial charge in [-0.3, -0.25) is 13.9 Å². The first-order valence-corrected chi connectivity index (χ1v) is 15.1. The number of carbonyl (C=O) groups excluding carboxylic acids is 2. The molecule has 36 heavy (non-hydrogen) atoms. The Bertz CT molecular complexity index is 1190. The van der Waals surface area contributed by atoms with Crippen LogP contribution in [-0.4, -0.2) is 50.0 Å². The van der Waals surface area contributed by atoms with Crippen LogP contribution in [0.5, 0.6) is 0 Å². The molecule has 7 nitrogen and oxygen atoms in total. The summed E-state index contributed by atoms with van der Waals surface area (Å²) in [6.45, 7) is 1.09. The number of rotatable bonds is 9. The number of nitrogens with zero attached hydrogens (tertiary/aromatic N) is 2. The predicted octanol–water partition coefficient (Wildman–Crippen LogP) is 5.39. The maximum Gasteiger partial charge on any atom is 0.244 e. The molecule has 0 radical (unpaired) electrons. The van der Waals surface area contributed by atoms with Crippen LogP contribution in [0.15, 0.2) is 46.9 Å². The molecule has 11 heteroatoms. The molecule has 196 valence electrons. The molecule has 2 aromatic carbocycles.